The van der Waals surface area contributed by atoms with Crippen LogP contribution in [0.4, 0.5) is 0 Å². The quantitative estimate of drug-likeness (QED) is 0.528. The first kappa shape index (κ1) is 14.5. The molecule has 0 saturated heterocycles. The van der Waals surface area contributed by atoms with Crippen LogP contribution in [0, 0.1) is 5.92 Å². The second-order valence-electron chi connectivity index (χ2n) is 3.74. The lowest BCUT2D eigenvalue weighted by atomic mass is 9.98. The average molecular weight is 174 g/mol. The van der Waals surface area contributed by atoms with Gasteiger partial charge in [-0.2, -0.15) is 0 Å². The van der Waals surface area contributed by atoms with E-state index in [-0.39, 0.29) is 5.48 Å². The van der Waals surface area contributed by atoms with Crippen LogP contribution in [0.2, 0.25) is 0 Å². The Morgan fingerprint density at radius 3 is 1.83 bits per heavy atom. The zero-order valence-corrected chi connectivity index (χ0v) is 9.03. The van der Waals surface area contributed by atoms with Gasteiger partial charge in [-0.15, -0.1) is 0 Å². The van der Waals surface area contributed by atoms with Crippen molar-refractivity contribution in [1.82, 2.24) is 0 Å². The summed E-state index contributed by atoms with van der Waals surface area (Å²) in [5, 5.41) is 0. The van der Waals surface area contributed by atoms with E-state index in [1.807, 2.05) is 0 Å². The van der Waals surface area contributed by atoms with Gasteiger partial charge < -0.3 is 5.48 Å². The molecule has 0 bridgehead atoms. The Balaban J connectivity index is 0. The first-order valence-corrected chi connectivity index (χ1v) is 5.31. The number of rotatable bonds is 7. The zero-order valence-electron chi connectivity index (χ0n) is 9.03. The minimum atomic E-state index is 0. The predicted octanol–water partition coefficient (Wildman–Crippen LogP) is 3.57. The summed E-state index contributed by atoms with van der Waals surface area (Å²) in [6, 6.07) is 0. The predicted molar refractivity (Wildman–Crippen MR) is 56.4 cm³/mol. The molecule has 1 nitrogen and oxygen atoms in total. The van der Waals surface area contributed by atoms with Crippen LogP contribution in [0.3, 0.4) is 0 Å². The highest BCUT2D eigenvalue weighted by Crippen LogP contribution is 2.15. The van der Waals surface area contributed by atoms with Crippen LogP contribution in [-0.2, 0) is 0 Å². The lowest BCUT2D eigenvalue weighted by Crippen LogP contribution is -1.93. The molecule has 0 rings (SSSR count). The second-order valence-corrected chi connectivity index (χ2v) is 3.74. The molecular formula is C11H26O. The van der Waals surface area contributed by atoms with Crippen LogP contribution in [0.5, 0.6) is 0 Å². The van der Waals surface area contributed by atoms with Gasteiger partial charge in [0, 0.05) is 0 Å². The molecule has 0 aromatic carbocycles. The molecule has 0 aliphatic carbocycles. The van der Waals surface area contributed by atoms with Gasteiger partial charge in [-0.3, -0.25) is 0 Å². The molecule has 0 amide bonds. The third-order valence-electron chi connectivity index (χ3n) is 2.35. The second kappa shape index (κ2) is 11.0. The summed E-state index contributed by atoms with van der Waals surface area (Å²) in [7, 11) is 0. The third-order valence-corrected chi connectivity index (χ3v) is 2.35. The maximum atomic E-state index is 2.39. The maximum Gasteiger partial charge on any atom is -0.0443 e. The van der Waals surface area contributed by atoms with Gasteiger partial charge in [-0.1, -0.05) is 65.7 Å². The smallest absolute Gasteiger partial charge is 0.0443 e. The third kappa shape index (κ3) is 9.96. The van der Waals surface area contributed by atoms with Crippen molar-refractivity contribution >= 4 is 0 Å². The zero-order chi connectivity index (χ0) is 8.53. The van der Waals surface area contributed by atoms with Crippen LogP contribution in [0.15, 0.2) is 0 Å². The molecule has 1 atom stereocenters. The van der Waals surface area contributed by atoms with Crippen molar-refractivity contribution in [2.45, 2.75) is 65.7 Å². The molecule has 2 N–H and O–H groups in total. The summed E-state index contributed by atoms with van der Waals surface area (Å²) in [6.07, 6.45) is 9.91. The fraction of sp³-hybridized carbons (Fsp3) is 1.00. The van der Waals surface area contributed by atoms with Gasteiger partial charge in [-0.05, 0) is 5.92 Å². The lowest BCUT2D eigenvalue weighted by Gasteiger charge is -2.09. The Morgan fingerprint density at radius 2 is 1.33 bits per heavy atom. The van der Waals surface area contributed by atoms with Gasteiger partial charge >= 0.3 is 0 Å². The molecule has 0 aliphatic heterocycles. The first-order chi connectivity index (χ1) is 5.31. The summed E-state index contributed by atoms with van der Waals surface area (Å²) in [6.45, 7) is 6.95. The number of hydrogen-bond donors (Lipinski definition) is 0. The van der Waals surface area contributed by atoms with E-state index >= 15 is 0 Å². The van der Waals surface area contributed by atoms with Crippen molar-refractivity contribution in [2.75, 3.05) is 0 Å². The van der Waals surface area contributed by atoms with Gasteiger partial charge in [0.15, 0.2) is 0 Å². The van der Waals surface area contributed by atoms with E-state index in [9.17, 15) is 0 Å². The van der Waals surface area contributed by atoms with E-state index in [2.05, 4.69) is 20.8 Å². The van der Waals surface area contributed by atoms with E-state index in [1.165, 1.54) is 44.9 Å². The maximum absolute atomic E-state index is 2.39. The highest BCUT2D eigenvalue weighted by molar-refractivity contribution is 4.53. The molecule has 0 aliphatic rings. The largest absolute Gasteiger partial charge is 0.412 e. The highest BCUT2D eigenvalue weighted by Gasteiger charge is 1.99. The van der Waals surface area contributed by atoms with Crippen molar-refractivity contribution < 1.29 is 5.48 Å². The Bertz CT molecular complexity index is 71.4. The van der Waals surface area contributed by atoms with Crippen LogP contribution >= 0.6 is 0 Å². The number of hydrogen-bond acceptors (Lipinski definition) is 0. The Hall–Kier alpha value is -0.0400. The molecule has 0 aromatic heterocycles. The van der Waals surface area contributed by atoms with Crippen LogP contribution in [0.1, 0.15) is 65.7 Å². The summed E-state index contributed by atoms with van der Waals surface area (Å²) in [5.41, 5.74) is 0. The van der Waals surface area contributed by atoms with E-state index in [0.717, 1.165) is 5.92 Å². The molecular weight excluding hydrogens is 148 g/mol. The normalized spacial score (nSPS) is 12.2. The summed E-state index contributed by atoms with van der Waals surface area (Å²) in [5.74, 6) is 0.974. The van der Waals surface area contributed by atoms with Crippen LogP contribution in [-0.4, -0.2) is 5.48 Å². The van der Waals surface area contributed by atoms with Gasteiger partial charge in [-0.25, -0.2) is 0 Å². The van der Waals surface area contributed by atoms with Gasteiger partial charge in [0.05, 0.1) is 0 Å². The molecule has 0 heterocycles. The van der Waals surface area contributed by atoms with Crippen molar-refractivity contribution in [3.8, 4) is 0 Å². The van der Waals surface area contributed by atoms with Crippen molar-refractivity contribution in [2.24, 2.45) is 5.92 Å². The van der Waals surface area contributed by atoms with Crippen molar-refractivity contribution in [3.63, 3.8) is 0 Å². The molecule has 1 heteroatoms. The fourth-order valence-electron chi connectivity index (χ4n) is 1.44. The van der Waals surface area contributed by atoms with E-state index in [0.29, 0.717) is 0 Å². The van der Waals surface area contributed by atoms with E-state index in [4.69, 9.17) is 0 Å². The van der Waals surface area contributed by atoms with Gasteiger partial charge in [0.2, 0.25) is 0 Å². The van der Waals surface area contributed by atoms with Crippen LogP contribution < -0.4 is 0 Å². The minimum Gasteiger partial charge on any atom is -0.412 e. The molecule has 0 radical (unpaired) electrons. The molecule has 12 heavy (non-hydrogen) atoms. The monoisotopic (exact) mass is 174 g/mol. The van der Waals surface area contributed by atoms with E-state index in [1.54, 1.807) is 0 Å². The molecule has 0 fully saturated rings. The minimum absolute atomic E-state index is 0. The summed E-state index contributed by atoms with van der Waals surface area (Å²) < 4.78 is 0. The fourth-order valence-corrected chi connectivity index (χ4v) is 1.44. The average Bonchev–Trinajstić information content (AvgIpc) is 2.01. The molecule has 0 saturated carbocycles. The topological polar surface area (TPSA) is 31.5 Å². The van der Waals surface area contributed by atoms with Gasteiger partial charge in [0.25, 0.3) is 0 Å². The van der Waals surface area contributed by atoms with Crippen molar-refractivity contribution in [1.29, 1.82) is 0 Å². The van der Waals surface area contributed by atoms with Crippen molar-refractivity contribution in [3.05, 3.63) is 0 Å². The Labute approximate surface area is 77.9 Å². The molecule has 76 valence electrons. The Morgan fingerprint density at radius 1 is 0.833 bits per heavy atom. The molecule has 0 aromatic rings. The SMILES string of the molecule is CCCCCC(C)CCCC.O. The first-order valence-electron chi connectivity index (χ1n) is 5.31. The molecule has 1 unspecified atom stereocenters. The summed E-state index contributed by atoms with van der Waals surface area (Å²) in [4.78, 5) is 0. The lowest BCUT2D eigenvalue weighted by molar-refractivity contribution is 0.448. The van der Waals surface area contributed by atoms with E-state index < -0.39 is 0 Å². The Kier molecular flexibility index (Phi) is 13.2. The molecule has 0 spiro atoms. The summed E-state index contributed by atoms with van der Waals surface area (Å²) >= 11 is 0. The number of unbranched alkanes of at least 4 members (excludes halogenated alkanes) is 3. The standard InChI is InChI=1S/C11H24.H2O/c1-4-6-8-10-11(3)9-7-5-2;/h11H,4-10H2,1-3H3;1H2. The van der Waals surface area contributed by atoms with Gasteiger partial charge in [0.1, 0.15) is 0 Å². The highest BCUT2D eigenvalue weighted by atomic mass is 16.0. The van der Waals surface area contributed by atoms with Crippen LogP contribution in [0.25, 0.3) is 0 Å².